The molecule has 0 radical (unpaired) electrons. The maximum absolute atomic E-state index is 6.33. The van der Waals surface area contributed by atoms with E-state index in [0.29, 0.717) is 0 Å². The van der Waals surface area contributed by atoms with E-state index < -0.39 is 0 Å². The second-order valence-corrected chi connectivity index (χ2v) is 4.73. The van der Waals surface area contributed by atoms with Crippen LogP contribution in [0.15, 0.2) is 18.3 Å². The molecule has 3 rings (SSSR count). The number of nitrogens with zero attached hydrogens (tertiary/aromatic N) is 1. The van der Waals surface area contributed by atoms with Gasteiger partial charge in [0.2, 0.25) is 0 Å². The fourth-order valence-electron chi connectivity index (χ4n) is 3.14. The first-order valence-electron chi connectivity index (χ1n) is 5.74. The summed E-state index contributed by atoms with van der Waals surface area (Å²) < 4.78 is 0. The fraction of sp³-hybridized carbons (Fsp3) is 0.583. The zero-order chi connectivity index (χ0) is 10.3. The van der Waals surface area contributed by atoms with Gasteiger partial charge in [-0.3, -0.25) is 4.98 Å². The summed E-state index contributed by atoms with van der Waals surface area (Å²) in [7, 11) is 0. The van der Waals surface area contributed by atoms with Crippen LogP contribution in [0.25, 0.3) is 0 Å². The van der Waals surface area contributed by atoms with Crippen LogP contribution < -0.4 is 11.1 Å². The average molecular weight is 203 g/mol. The molecule has 1 saturated heterocycles. The minimum atomic E-state index is 0.168. The van der Waals surface area contributed by atoms with E-state index in [1.165, 1.54) is 11.3 Å². The summed E-state index contributed by atoms with van der Waals surface area (Å²) in [4.78, 5) is 4.58. The Hall–Kier alpha value is -0.930. The van der Waals surface area contributed by atoms with Crippen molar-refractivity contribution in [1.82, 2.24) is 10.3 Å². The highest BCUT2D eigenvalue weighted by molar-refractivity contribution is 5.37. The first-order chi connectivity index (χ1) is 7.33. The van der Waals surface area contributed by atoms with E-state index >= 15 is 0 Å². The fourth-order valence-corrected chi connectivity index (χ4v) is 3.14. The van der Waals surface area contributed by atoms with E-state index in [4.69, 9.17) is 5.73 Å². The van der Waals surface area contributed by atoms with Crippen molar-refractivity contribution in [2.24, 2.45) is 5.73 Å². The minimum Gasteiger partial charge on any atom is -0.327 e. The van der Waals surface area contributed by atoms with Gasteiger partial charge in [0.15, 0.2) is 0 Å². The lowest BCUT2D eigenvalue weighted by atomic mass is 9.74. The predicted octanol–water partition coefficient (Wildman–Crippen LogP) is 0.586. The molecule has 1 fully saturated rings. The number of aromatic nitrogens is 1. The van der Waals surface area contributed by atoms with E-state index in [0.717, 1.165) is 32.4 Å². The van der Waals surface area contributed by atoms with Gasteiger partial charge < -0.3 is 11.1 Å². The van der Waals surface area contributed by atoms with E-state index in [1.807, 2.05) is 12.3 Å². The van der Waals surface area contributed by atoms with Gasteiger partial charge >= 0.3 is 0 Å². The summed E-state index contributed by atoms with van der Waals surface area (Å²) in [6, 6.07) is 4.47. The predicted molar refractivity (Wildman–Crippen MR) is 59.7 cm³/mol. The SMILES string of the molecule is NC1Cc2cccnc2C12CCNCC2. The number of nitrogens with two attached hydrogens (primary N) is 1. The zero-order valence-corrected chi connectivity index (χ0v) is 8.87. The number of pyridine rings is 1. The molecule has 2 heterocycles. The van der Waals surface area contributed by atoms with Crippen LogP contribution in [0.1, 0.15) is 24.1 Å². The molecule has 0 bridgehead atoms. The van der Waals surface area contributed by atoms with Gasteiger partial charge in [0.1, 0.15) is 0 Å². The first kappa shape index (κ1) is 9.31. The van der Waals surface area contributed by atoms with Crippen molar-refractivity contribution in [2.75, 3.05) is 13.1 Å². The highest BCUT2D eigenvalue weighted by Crippen LogP contribution is 2.42. The Morgan fingerprint density at radius 3 is 3.00 bits per heavy atom. The Balaban J connectivity index is 2.07. The number of nitrogens with one attached hydrogen (secondary N) is 1. The summed E-state index contributed by atoms with van der Waals surface area (Å²) in [6.45, 7) is 2.15. The van der Waals surface area contributed by atoms with Gasteiger partial charge in [-0.1, -0.05) is 6.07 Å². The second-order valence-electron chi connectivity index (χ2n) is 4.73. The summed E-state index contributed by atoms with van der Waals surface area (Å²) in [5.74, 6) is 0. The maximum Gasteiger partial charge on any atom is 0.0514 e. The van der Waals surface area contributed by atoms with Crippen molar-refractivity contribution >= 4 is 0 Å². The number of rotatable bonds is 0. The highest BCUT2D eigenvalue weighted by Gasteiger charge is 2.46. The largest absolute Gasteiger partial charge is 0.327 e. The molecule has 80 valence electrons. The van der Waals surface area contributed by atoms with E-state index in [-0.39, 0.29) is 11.5 Å². The molecule has 3 heteroatoms. The van der Waals surface area contributed by atoms with Crippen molar-refractivity contribution in [2.45, 2.75) is 30.7 Å². The van der Waals surface area contributed by atoms with Crippen molar-refractivity contribution in [3.8, 4) is 0 Å². The molecule has 3 N–H and O–H groups in total. The molecule has 1 aromatic rings. The van der Waals surface area contributed by atoms with Crippen LogP contribution in [0.4, 0.5) is 0 Å². The van der Waals surface area contributed by atoms with Crippen LogP contribution in [-0.2, 0) is 11.8 Å². The van der Waals surface area contributed by atoms with E-state index in [9.17, 15) is 0 Å². The second kappa shape index (κ2) is 3.29. The summed E-state index contributed by atoms with van der Waals surface area (Å²) in [6.07, 6.45) is 5.18. The topological polar surface area (TPSA) is 50.9 Å². The van der Waals surface area contributed by atoms with Gasteiger partial charge in [0, 0.05) is 17.7 Å². The monoisotopic (exact) mass is 203 g/mol. The maximum atomic E-state index is 6.33. The van der Waals surface area contributed by atoms with Crippen molar-refractivity contribution < 1.29 is 0 Å². The van der Waals surface area contributed by atoms with Gasteiger partial charge in [0.25, 0.3) is 0 Å². The molecule has 1 spiro atoms. The third-order valence-electron chi connectivity index (χ3n) is 4.01. The molecular formula is C12H17N3. The minimum absolute atomic E-state index is 0.168. The average Bonchev–Trinajstić information content (AvgIpc) is 2.55. The Kier molecular flexibility index (Phi) is 2.04. The normalized spacial score (nSPS) is 27.9. The molecule has 1 atom stereocenters. The first-order valence-corrected chi connectivity index (χ1v) is 5.74. The highest BCUT2D eigenvalue weighted by atomic mass is 14.9. The number of piperidine rings is 1. The zero-order valence-electron chi connectivity index (χ0n) is 8.87. The van der Waals surface area contributed by atoms with Crippen molar-refractivity contribution in [3.05, 3.63) is 29.6 Å². The van der Waals surface area contributed by atoms with Crippen LogP contribution in [0, 0.1) is 0 Å². The van der Waals surface area contributed by atoms with Gasteiger partial charge in [0.05, 0.1) is 5.69 Å². The van der Waals surface area contributed by atoms with Gasteiger partial charge in [-0.05, 0) is 44.0 Å². The lowest BCUT2D eigenvalue weighted by Gasteiger charge is -2.37. The molecule has 1 aliphatic carbocycles. The van der Waals surface area contributed by atoms with E-state index in [1.54, 1.807) is 0 Å². The molecule has 3 nitrogen and oxygen atoms in total. The summed E-state index contributed by atoms with van der Waals surface area (Å²) in [5.41, 5.74) is 9.14. The molecule has 0 saturated carbocycles. The Bertz CT molecular complexity index is 369. The van der Waals surface area contributed by atoms with Gasteiger partial charge in [-0.25, -0.2) is 0 Å². The molecule has 2 aliphatic rings. The Morgan fingerprint density at radius 1 is 1.40 bits per heavy atom. The standard InChI is InChI=1S/C12H17N3/c13-10-8-9-2-1-5-15-11(9)12(10)3-6-14-7-4-12/h1-2,5,10,14H,3-4,6-8,13H2. The lowest BCUT2D eigenvalue weighted by Crippen LogP contribution is -2.49. The lowest BCUT2D eigenvalue weighted by molar-refractivity contribution is 0.268. The number of hydrogen-bond donors (Lipinski definition) is 2. The van der Waals surface area contributed by atoms with Crippen LogP contribution in [-0.4, -0.2) is 24.1 Å². The van der Waals surface area contributed by atoms with Gasteiger partial charge in [-0.2, -0.15) is 0 Å². The Morgan fingerprint density at radius 2 is 2.20 bits per heavy atom. The molecule has 15 heavy (non-hydrogen) atoms. The Labute approximate surface area is 90.1 Å². The van der Waals surface area contributed by atoms with Crippen LogP contribution in [0.2, 0.25) is 0 Å². The third kappa shape index (κ3) is 1.23. The third-order valence-corrected chi connectivity index (χ3v) is 4.01. The van der Waals surface area contributed by atoms with Gasteiger partial charge in [-0.15, -0.1) is 0 Å². The smallest absolute Gasteiger partial charge is 0.0514 e. The van der Waals surface area contributed by atoms with Crippen LogP contribution >= 0.6 is 0 Å². The summed E-state index contributed by atoms with van der Waals surface area (Å²) >= 11 is 0. The number of hydrogen-bond acceptors (Lipinski definition) is 3. The number of fused-ring (bicyclic) bond motifs is 2. The van der Waals surface area contributed by atoms with Crippen LogP contribution in [0.5, 0.6) is 0 Å². The molecule has 1 unspecified atom stereocenters. The van der Waals surface area contributed by atoms with Crippen molar-refractivity contribution in [3.63, 3.8) is 0 Å². The molecule has 0 aromatic carbocycles. The van der Waals surface area contributed by atoms with Crippen molar-refractivity contribution in [1.29, 1.82) is 0 Å². The van der Waals surface area contributed by atoms with Crippen LogP contribution in [0.3, 0.4) is 0 Å². The molecule has 1 aliphatic heterocycles. The molecular weight excluding hydrogens is 186 g/mol. The molecule has 1 aromatic heterocycles. The van der Waals surface area contributed by atoms with E-state index in [2.05, 4.69) is 16.4 Å². The molecule has 0 amide bonds. The quantitative estimate of drug-likeness (QED) is 0.648. The summed E-state index contributed by atoms with van der Waals surface area (Å²) in [5, 5.41) is 3.40.